The standard InChI is InChI=1S/C12H16N2O/c1-9-12(15)14(10(2)13-9)8-11-6-4-3-5-7-11/h3-7,9-10,13H,8H2,1-2H3/t9-,10+/m0/s1. The Morgan fingerprint density at radius 3 is 2.47 bits per heavy atom. The second kappa shape index (κ2) is 4.03. The van der Waals surface area contributed by atoms with Gasteiger partial charge in [-0.25, -0.2) is 0 Å². The Balaban J connectivity index is 2.09. The minimum Gasteiger partial charge on any atom is -0.322 e. The lowest BCUT2D eigenvalue weighted by Crippen LogP contribution is -2.34. The number of nitrogens with zero attached hydrogens (tertiary/aromatic N) is 1. The first-order valence-electron chi connectivity index (χ1n) is 5.29. The molecule has 3 heteroatoms. The summed E-state index contributed by atoms with van der Waals surface area (Å²) in [6.45, 7) is 4.62. The minimum absolute atomic E-state index is 0.0521. The van der Waals surface area contributed by atoms with Crippen molar-refractivity contribution in [3.8, 4) is 0 Å². The van der Waals surface area contributed by atoms with Crippen LogP contribution in [0.1, 0.15) is 19.4 Å². The third kappa shape index (κ3) is 2.02. The molecule has 0 spiro atoms. The summed E-state index contributed by atoms with van der Waals surface area (Å²) in [4.78, 5) is 13.7. The van der Waals surface area contributed by atoms with E-state index in [1.807, 2.05) is 49.1 Å². The monoisotopic (exact) mass is 204 g/mol. The molecule has 1 N–H and O–H groups in total. The van der Waals surface area contributed by atoms with E-state index in [4.69, 9.17) is 0 Å². The van der Waals surface area contributed by atoms with Crippen LogP contribution in [0.15, 0.2) is 30.3 Å². The van der Waals surface area contributed by atoms with E-state index >= 15 is 0 Å². The van der Waals surface area contributed by atoms with Gasteiger partial charge in [0.25, 0.3) is 0 Å². The number of carbonyl (C=O) groups excluding carboxylic acids is 1. The van der Waals surface area contributed by atoms with Gasteiger partial charge in [0.15, 0.2) is 0 Å². The van der Waals surface area contributed by atoms with Gasteiger partial charge in [0.2, 0.25) is 5.91 Å². The zero-order valence-corrected chi connectivity index (χ0v) is 9.10. The van der Waals surface area contributed by atoms with Crippen LogP contribution >= 0.6 is 0 Å². The first-order valence-corrected chi connectivity index (χ1v) is 5.29. The third-order valence-electron chi connectivity index (χ3n) is 2.81. The molecule has 1 aromatic rings. The number of carbonyl (C=O) groups is 1. The largest absolute Gasteiger partial charge is 0.322 e. The van der Waals surface area contributed by atoms with Crippen LogP contribution in [0.5, 0.6) is 0 Å². The molecule has 1 aromatic carbocycles. The van der Waals surface area contributed by atoms with Crippen LogP contribution in [0.2, 0.25) is 0 Å². The van der Waals surface area contributed by atoms with Crippen LogP contribution < -0.4 is 5.32 Å². The predicted octanol–water partition coefficient (Wildman–Crippen LogP) is 1.35. The molecule has 0 aliphatic carbocycles. The van der Waals surface area contributed by atoms with E-state index in [9.17, 15) is 4.79 Å². The maximum atomic E-state index is 11.8. The second-order valence-electron chi connectivity index (χ2n) is 4.02. The lowest BCUT2D eigenvalue weighted by molar-refractivity contribution is -0.130. The Morgan fingerprint density at radius 1 is 1.27 bits per heavy atom. The van der Waals surface area contributed by atoms with Crippen LogP contribution in [0.4, 0.5) is 0 Å². The molecule has 1 amide bonds. The van der Waals surface area contributed by atoms with E-state index in [0.29, 0.717) is 6.54 Å². The number of benzene rings is 1. The summed E-state index contributed by atoms with van der Waals surface area (Å²) >= 11 is 0. The highest BCUT2D eigenvalue weighted by atomic mass is 16.2. The van der Waals surface area contributed by atoms with Crippen LogP contribution in [0.25, 0.3) is 0 Å². The van der Waals surface area contributed by atoms with E-state index in [-0.39, 0.29) is 18.1 Å². The molecule has 0 aromatic heterocycles. The Hall–Kier alpha value is -1.35. The number of amides is 1. The summed E-state index contributed by atoms with van der Waals surface area (Å²) in [7, 11) is 0. The van der Waals surface area contributed by atoms with Crippen molar-refractivity contribution in [1.29, 1.82) is 0 Å². The van der Waals surface area contributed by atoms with Gasteiger partial charge in [-0.05, 0) is 19.4 Å². The van der Waals surface area contributed by atoms with Gasteiger partial charge in [-0.2, -0.15) is 0 Å². The molecule has 0 radical (unpaired) electrons. The fraction of sp³-hybridized carbons (Fsp3) is 0.417. The van der Waals surface area contributed by atoms with E-state index in [0.717, 1.165) is 0 Å². The molecule has 1 aliphatic heterocycles. The molecule has 80 valence electrons. The molecule has 2 rings (SSSR count). The smallest absolute Gasteiger partial charge is 0.241 e. The van der Waals surface area contributed by atoms with Crippen LogP contribution in [0, 0.1) is 0 Å². The topological polar surface area (TPSA) is 32.3 Å². The Bertz CT molecular complexity index is 350. The molecular formula is C12H16N2O. The third-order valence-corrected chi connectivity index (χ3v) is 2.81. The molecule has 0 unspecified atom stereocenters. The van der Waals surface area contributed by atoms with E-state index in [1.165, 1.54) is 5.56 Å². The first kappa shape index (κ1) is 10.2. The Morgan fingerprint density at radius 2 is 1.93 bits per heavy atom. The molecule has 15 heavy (non-hydrogen) atoms. The molecular weight excluding hydrogens is 188 g/mol. The van der Waals surface area contributed by atoms with Gasteiger partial charge in [-0.3, -0.25) is 10.1 Å². The van der Waals surface area contributed by atoms with Crippen molar-refractivity contribution in [2.45, 2.75) is 32.6 Å². The van der Waals surface area contributed by atoms with Crippen molar-refractivity contribution in [3.63, 3.8) is 0 Å². The normalized spacial score (nSPS) is 26.0. The molecule has 0 bridgehead atoms. The molecule has 2 atom stereocenters. The van der Waals surface area contributed by atoms with Gasteiger partial charge in [-0.1, -0.05) is 30.3 Å². The van der Waals surface area contributed by atoms with Crippen LogP contribution in [0.3, 0.4) is 0 Å². The maximum absolute atomic E-state index is 11.8. The van der Waals surface area contributed by atoms with Gasteiger partial charge in [-0.15, -0.1) is 0 Å². The van der Waals surface area contributed by atoms with Gasteiger partial charge in [0, 0.05) is 6.54 Å². The van der Waals surface area contributed by atoms with Crippen LogP contribution in [-0.2, 0) is 11.3 Å². The molecule has 1 aliphatic rings. The molecule has 3 nitrogen and oxygen atoms in total. The SMILES string of the molecule is C[C@@H]1N[C@@H](C)N(Cc2ccccc2)C1=O. The molecule has 1 saturated heterocycles. The summed E-state index contributed by atoms with van der Waals surface area (Å²) < 4.78 is 0. The van der Waals surface area contributed by atoms with Crippen LogP contribution in [-0.4, -0.2) is 23.0 Å². The zero-order chi connectivity index (χ0) is 10.8. The average molecular weight is 204 g/mol. The van der Waals surface area contributed by atoms with Gasteiger partial charge in [0.1, 0.15) is 0 Å². The summed E-state index contributed by atoms with van der Waals surface area (Å²) in [5.74, 6) is 0.186. The average Bonchev–Trinajstić information content (AvgIpc) is 2.47. The lowest BCUT2D eigenvalue weighted by atomic mass is 10.2. The van der Waals surface area contributed by atoms with Crippen molar-refractivity contribution in [1.82, 2.24) is 10.2 Å². The van der Waals surface area contributed by atoms with Crippen molar-refractivity contribution < 1.29 is 4.79 Å². The first-order chi connectivity index (χ1) is 7.18. The van der Waals surface area contributed by atoms with E-state index in [1.54, 1.807) is 0 Å². The number of hydrogen-bond acceptors (Lipinski definition) is 2. The van der Waals surface area contributed by atoms with E-state index in [2.05, 4.69) is 5.32 Å². The van der Waals surface area contributed by atoms with E-state index < -0.39 is 0 Å². The summed E-state index contributed by atoms with van der Waals surface area (Å²) in [5.41, 5.74) is 1.17. The highest BCUT2D eigenvalue weighted by Gasteiger charge is 2.32. The summed E-state index contributed by atoms with van der Waals surface area (Å²) in [6.07, 6.45) is 0.132. The number of nitrogens with one attached hydrogen (secondary N) is 1. The fourth-order valence-electron chi connectivity index (χ4n) is 1.96. The molecule has 1 heterocycles. The molecule has 1 fully saturated rings. The van der Waals surface area contributed by atoms with Gasteiger partial charge in [0.05, 0.1) is 12.2 Å². The molecule has 0 saturated carbocycles. The van der Waals surface area contributed by atoms with Gasteiger partial charge < -0.3 is 4.90 Å². The second-order valence-corrected chi connectivity index (χ2v) is 4.02. The highest BCUT2D eigenvalue weighted by Crippen LogP contribution is 2.14. The number of hydrogen-bond donors (Lipinski definition) is 1. The minimum atomic E-state index is -0.0521. The number of rotatable bonds is 2. The maximum Gasteiger partial charge on any atom is 0.241 e. The summed E-state index contributed by atoms with van der Waals surface area (Å²) in [5, 5.41) is 3.21. The summed E-state index contributed by atoms with van der Waals surface area (Å²) in [6, 6.07) is 10.0. The predicted molar refractivity (Wildman–Crippen MR) is 59.1 cm³/mol. The highest BCUT2D eigenvalue weighted by molar-refractivity contribution is 5.83. The quantitative estimate of drug-likeness (QED) is 0.788. The Kier molecular flexibility index (Phi) is 2.73. The van der Waals surface area contributed by atoms with Crippen molar-refractivity contribution in [2.75, 3.05) is 0 Å². The fourth-order valence-corrected chi connectivity index (χ4v) is 1.96. The van der Waals surface area contributed by atoms with Crippen molar-refractivity contribution in [2.24, 2.45) is 0 Å². The van der Waals surface area contributed by atoms with Crippen molar-refractivity contribution in [3.05, 3.63) is 35.9 Å². The lowest BCUT2D eigenvalue weighted by Gasteiger charge is -2.20. The van der Waals surface area contributed by atoms with Crippen molar-refractivity contribution >= 4 is 5.91 Å². The Labute approximate surface area is 90.1 Å². The zero-order valence-electron chi connectivity index (χ0n) is 9.10. The van der Waals surface area contributed by atoms with Gasteiger partial charge >= 0.3 is 0 Å².